The maximum Gasteiger partial charge on any atom is 0.255 e. The predicted molar refractivity (Wildman–Crippen MR) is 109 cm³/mol. The van der Waals surface area contributed by atoms with Crippen LogP contribution in [-0.2, 0) is 13.5 Å². The van der Waals surface area contributed by atoms with Crippen molar-refractivity contribution in [3.63, 3.8) is 0 Å². The van der Waals surface area contributed by atoms with Gasteiger partial charge in [-0.1, -0.05) is 24.3 Å². The van der Waals surface area contributed by atoms with Crippen LogP contribution in [-0.4, -0.2) is 45.6 Å². The van der Waals surface area contributed by atoms with Crippen molar-refractivity contribution in [2.24, 2.45) is 7.05 Å². The highest BCUT2D eigenvalue weighted by Gasteiger charge is 2.33. The molecule has 2 aliphatic rings. The summed E-state index contributed by atoms with van der Waals surface area (Å²) >= 11 is 0. The second-order valence-electron chi connectivity index (χ2n) is 7.52. The van der Waals surface area contributed by atoms with Gasteiger partial charge in [-0.25, -0.2) is 4.98 Å². The van der Waals surface area contributed by atoms with E-state index in [4.69, 9.17) is 4.98 Å². The number of hydrogen-bond acceptors (Lipinski definition) is 5. The van der Waals surface area contributed by atoms with Crippen LogP contribution in [0.3, 0.4) is 0 Å². The van der Waals surface area contributed by atoms with Crippen molar-refractivity contribution in [1.29, 1.82) is 0 Å². The van der Waals surface area contributed by atoms with Gasteiger partial charge in [0.15, 0.2) is 0 Å². The Labute approximate surface area is 164 Å². The third-order valence-electron chi connectivity index (χ3n) is 5.94. The monoisotopic (exact) mass is 373 g/mol. The van der Waals surface area contributed by atoms with Crippen molar-refractivity contribution in [3.8, 4) is 11.3 Å². The Balaban J connectivity index is 1.52. The number of aromatic nitrogens is 3. The van der Waals surface area contributed by atoms with E-state index in [1.165, 1.54) is 11.1 Å². The lowest BCUT2D eigenvalue weighted by molar-refractivity contribution is 0.165. The summed E-state index contributed by atoms with van der Waals surface area (Å²) in [6.07, 6.45) is 4.57. The third kappa shape index (κ3) is 2.90. The Morgan fingerprint density at radius 3 is 2.71 bits per heavy atom. The van der Waals surface area contributed by atoms with Crippen LogP contribution in [0.2, 0.25) is 0 Å². The molecule has 0 amide bonds. The Morgan fingerprint density at radius 2 is 1.86 bits per heavy atom. The van der Waals surface area contributed by atoms with Gasteiger partial charge in [-0.2, -0.15) is 0 Å². The number of piperazine rings is 1. The van der Waals surface area contributed by atoms with Crippen LogP contribution >= 0.6 is 0 Å². The second-order valence-corrected chi connectivity index (χ2v) is 7.52. The summed E-state index contributed by atoms with van der Waals surface area (Å²) in [6.45, 7) is 3.79. The molecule has 1 saturated heterocycles. The van der Waals surface area contributed by atoms with E-state index in [0.717, 1.165) is 44.1 Å². The van der Waals surface area contributed by atoms with Crippen LogP contribution in [0.5, 0.6) is 0 Å². The molecule has 142 valence electrons. The van der Waals surface area contributed by atoms with Crippen LogP contribution in [0, 0.1) is 0 Å². The van der Waals surface area contributed by atoms with E-state index in [1.54, 1.807) is 23.0 Å². The van der Waals surface area contributed by atoms with E-state index in [0.29, 0.717) is 11.7 Å². The van der Waals surface area contributed by atoms with Gasteiger partial charge in [0.2, 0.25) is 5.95 Å². The molecule has 0 aliphatic carbocycles. The van der Waals surface area contributed by atoms with Crippen LogP contribution in [0.25, 0.3) is 11.3 Å². The fourth-order valence-corrected chi connectivity index (χ4v) is 4.40. The third-order valence-corrected chi connectivity index (χ3v) is 5.94. The zero-order valence-electron chi connectivity index (χ0n) is 16.0. The summed E-state index contributed by atoms with van der Waals surface area (Å²) < 4.78 is 1.66. The molecule has 6 heteroatoms. The molecular formula is C22H23N5O. The molecule has 4 heterocycles. The van der Waals surface area contributed by atoms with Crippen molar-refractivity contribution in [3.05, 3.63) is 76.3 Å². The van der Waals surface area contributed by atoms with Crippen molar-refractivity contribution in [2.45, 2.75) is 12.5 Å². The first-order valence-corrected chi connectivity index (χ1v) is 9.76. The van der Waals surface area contributed by atoms with Gasteiger partial charge in [-0.15, -0.1) is 0 Å². The van der Waals surface area contributed by atoms with E-state index in [9.17, 15) is 4.79 Å². The lowest BCUT2D eigenvalue weighted by Crippen LogP contribution is -2.52. The lowest BCUT2D eigenvalue weighted by Gasteiger charge is -2.45. The minimum absolute atomic E-state index is 0.0386. The molecule has 1 atom stereocenters. The SMILES string of the molecule is Cn1c(N2CCN3CCc4ccccc4C3C2)nc(-c2ccncc2)cc1=O. The molecule has 0 radical (unpaired) electrons. The largest absolute Gasteiger partial charge is 0.339 e. The standard InChI is InChI=1S/C22H23N5O/c1-25-21(28)14-19(17-6-9-23-10-7-17)24-22(25)27-13-12-26-11-8-16-4-2-3-5-18(16)20(26)15-27/h2-7,9-10,14,20H,8,11-13,15H2,1H3. The van der Waals surface area contributed by atoms with Crippen molar-refractivity contribution >= 4 is 5.95 Å². The van der Waals surface area contributed by atoms with Gasteiger partial charge >= 0.3 is 0 Å². The minimum Gasteiger partial charge on any atom is -0.339 e. The zero-order valence-corrected chi connectivity index (χ0v) is 16.0. The molecule has 0 spiro atoms. The molecule has 1 fully saturated rings. The summed E-state index contributed by atoms with van der Waals surface area (Å²) in [4.78, 5) is 26.4. The normalized spacial score (nSPS) is 19.2. The van der Waals surface area contributed by atoms with Crippen molar-refractivity contribution in [2.75, 3.05) is 31.1 Å². The Hall–Kier alpha value is -2.99. The van der Waals surface area contributed by atoms with Gasteiger partial charge < -0.3 is 4.90 Å². The summed E-state index contributed by atoms with van der Waals surface area (Å²) in [5.74, 6) is 0.738. The summed E-state index contributed by atoms with van der Waals surface area (Å²) in [7, 11) is 1.81. The Bertz CT molecular complexity index is 1060. The number of pyridine rings is 1. The van der Waals surface area contributed by atoms with Crippen molar-refractivity contribution in [1.82, 2.24) is 19.4 Å². The molecule has 0 saturated carbocycles. The van der Waals surface area contributed by atoms with Gasteiger partial charge in [-0.3, -0.25) is 19.2 Å². The Kier molecular flexibility index (Phi) is 4.20. The maximum atomic E-state index is 12.6. The molecule has 2 aromatic heterocycles. The van der Waals surface area contributed by atoms with E-state index >= 15 is 0 Å². The summed E-state index contributed by atoms with van der Waals surface area (Å²) in [5.41, 5.74) is 4.43. The minimum atomic E-state index is -0.0386. The first kappa shape index (κ1) is 17.1. The number of anilines is 1. The van der Waals surface area contributed by atoms with E-state index < -0.39 is 0 Å². The molecular weight excluding hydrogens is 350 g/mol. The molecule has 1 unspecified atom stereocenters. The molecule has 5 rings (SSSR count). The maximum absolute atomic E-state index is 12.6. The molecule has 6 nitrogen and oxygen atoms in total. The fraction of sp³-hybridized carbons (Fsp3) is 0.318. The zero-order chi connectivity index (χ0) is 19.1. The quantitative estimate of drug-likeness (QED) is 0.690. The fourth-order valence-electron chi connectivity index (χ4n) is 4.40. The number of nitrogens with zero attached hydrogens (tertiary/aromatic N) is 5. The molecule has 3 aromatic rings. The first-order valence-electron chi connectivity index (χ1n) is 9.76. The molecule has 0 N–H and O–H groups in total. The highest BCUT2D eigenvalue weighted by molar-refractivity contribution is 5.59. The number of hydrogen-bond donors (Lipinski definition) is 0. The number of rotatable bonds is 2. The number of fused-ring (bicyclic) bond motifs is 3. The van der Waals surface area contributed by atoms with Crippen LogP contribution in [0.4, 0.5) is 5.95 Å². The summed E-state index contributed by atoms with van der Waals surface area (Å²) in [6, 6.07) is 14.5. The van der Waals surface area contributed by atoms with Gasteiger partial charge in [0, 0.05) is 57.3 Å². The number of benzene rings is 1. The average molecular weight is 373 g/mol. The molecule has 1 aromatic carbocycles. The van der Waals surface area contributed by atoms with Gasteiger partial charge in [0.05, 0.1) is 11.7 Å². The predicted octanol–water partition coefficient (Wildman–Crippen LogP) is 2.26. The van der Waals surface area contributed by atoms with Gasteiger partial charge in [0.25, 0.3) is 5.56 Å². The Morgan fingerprint density at radius 1 is 1.04 bits per heavy atom. The van der Waals surface area contributed by atoms with Crippen LogP contribution in [0.15, 0.2) is 59.7 Å². The van der Waals surface area contributed by atoms with Crippen molar-refractivity contribution < 1.29 is 0 Å². The summed E-state index contributed by atoms with van der Waals surface area (Å²) in [5, 5.41) is 0. The topological polar surface area (TPSA) is 54.3 Å². The average Bonchev–Trinajstić information content (AvgIpc) is 2.75. The smallest absolute Gasteiger partial charge is 0.255 e. The molecule has 28 heavy (non-hydrogen) atoms. The lowest BCUT2D eigenvalue weighted by atomic mass is 9.91. The highest BCUT2D eigenvalue weighted by atomic mass is 16.1. The van der Waals surface area contributed by atoms with Crippen LogP contribution in [0.1, 0.15) is 17.2 Å². The van der Waals surface area contributed by atoms with E-state index in [2.05, 4.69) is 39.0 Å². The molecule has 0 bridgehead atoms. The second kappa shape index (κ2) is 6.87. The molecule has 2 aliphatic heterocycles. The first-order chi connectivity index (χ1) is 13.7. The van der Waals surface area contributed by atoms with E-state index in [-0.39, 0.29) is 5.56 Å². The van der Waals surface area contributed by atoms with E-state index in [1.807, 2.05) is 19.2 Å². The van der Waals surface area contributed by atoms with Crippen LogP contribution < -0.4 is 10.5 Å². The van der Waals surface area contributed by atoms with Gasteiger partial charge in [-0.05, 0) is 29.7 Å². The highest BCUT2D eigenvalue weighted by Crippen LogP contribution is 2.33. The van der Waals surface area contributed by atoms with Gasteiger partial charge in [0.1, 0.15) is 0 Å².